The Morgan fingerprint density at radius 3 is 2.92 bits per heavy atom. The molecule has 1 aromatic carbocycles. The lowest BCUT2D eigenvalue weighted by Gasteiger charge is -2.31. The number of piperidine rings is 1. The molecule has 3 rings (SSSR count). The minimum Gasteiger partial charge on any atom is -0.372 e. The highest BCUT2D eigenvalue weighted by molar-refractivity contribution is 5.48. The van der Waals surface area contributed by atoms with Crippen LogP contribution in [0, 0.1) is 5.82 Å². The first-order chi connectivity index (χ1) is 11.8. The van der Waals surface area contributed by atoms with Crippen LogP contribution in [-0.2, 0) is 11.3 Å². The molecule has 1 fully saturated rings. The molecule has 0 aliphatic carbocycles. The normalized spacial score (nSPS) is 19.0. The molecule has 3 nitrogen and oxygen atoms in total. The summed E-state index contributed by atoms with van der Waals surface area (Å²) in [6.07, 6.45) is 10.3. The van der Waals surface area contributed by atoms with E-state index in [0.29, 0.717) is 6.61 Å². The quantitative estimate of drug-likeness (QED) is 0.804. The molecule has 1 aliphatic rings. The zero-order valence-corrected chi connectivity index (χ0v) is 13.8. The summed E-state index contributed by atoms with van der Waals surface area (Å²) in [6.45, 7) is 3.57. The molecule has 1 unspecified atom stereocenters. The van der Waals surface area contributed by atoms with Crippen LogP contribution in [0.5, 0.6) is 0 Å². The van der Waals surface area contributed by atoms with Gasteiger partial charge in [-0.2, -0.15) is 0 Å². The predicted octanol–water partition coefficient (Wildman–Crippen LogP) is 3.92. The minimum absolute atomic E-state index is 0.197. The second-order valence-corrected chi connectivity index (χ2v) is 6.15. The Labute approximate surface area is 142 Å². The van der Waals surface area contributed by atoms with Gasteiger partial charge in [0.2, 0.25) is 0 Å². The molecule has 2 heterocycles. The van der Waals surface area contributed by atoms with Gasteiger partial charge in [0.15, 0.2) is 0 Å². The van der Waals surface area contributed by atoms with Gasteiger partial charge in [-0.25, -0.2) is 4.39 Å². The average molecular weight is 326 g/mol. The van der Waals surface area contributed by atoms with E-state index in [1.807, 2.05) is 24.4 Å². The van der Waals surface area contributed by atoms with E-state index >= 15 is 0 Å². The Morgan fingerprint density at radius 1 is 1.25 bits per heavy atom. The van der Waals surface area contributed by atoms with Crippen LogP contribution in [0.2, 0.25) is 0 Å². The Morgan fingerprint density at radius 2 is 2.12 bits per heavy atom. The molecular formula is C20H23FN2O. The van der Waals surface area contributed by atoms with E-state index in [2.05, 4.69) is 16.0 Å². The van der Waals surface area contributed by atoms with Gasteiger partial charge in [0.1, 0.15) is 5.82 Å². The van der Waals surface area contributed by atoms with Crippen molar-refractivity contribution in [2.45, 2.75) is 25.6 Å². The lowest BCUT2D eigenvalue weighted by atomic mass is 10.1. The van der Waals surface area contributed by atoms with E-state index in [9.17, 15) is 4.39 Å². The van der Waals surface area contributed by atoms with E-state index in [0.717, 1.165) is 43.6 Å². The number of nitrogens with zero attached hydrogens (tertiary/aromatic N) is 2. The first-order valence-corrected chi connectivity index (χ1v) is 8.44. The molecule has 1 aromatic heterocycles. The van der Waals surface area contributed by atoms with Gasteiger partial charge in [0, 0.05) is 25.5 Å². The first-order valence-electron chi connectivity index (χ1n) is 8.44. The van der Waals surface area contributed by atoms with Gasteiger partial charge in [-0.15, -0.1) is 0 Å². The minimum atomic E-state index is -0.197. The molecule has 0 saturated carbocycles. The summed E-state index contributed by atoms with van der Waals surface area (Å²) in [5.74, 6) is -0.197. The highest BCUT2D eigenvalue weighted by atomic mass is 19.1. The lowest BCUT2D eigenvalue weighted by Crippen LogP contribution is -2.39. The maximum atomic E-state index is 12.9. The standard InChI is InChI=1S/C20H23FN2O/c21-19-9-7-17(8-10-19)5-2-12-23-13-3-6-20(15-23)24-16-18-4-1-11-22-14-18/h1-2,4-5,7-11,14,20H,3,6,12-13,15-16H2/b5-2+. The Hall–Kier alpha value is -2.04. The van der Waals surface area contributed by atoms with Crippen molar-refractivity contribution in [1.29, 1.82) is 0 Å². The van der Waals surface area contributed by atoms with Crippen LogP contribution in [0.4, 0.5) is 4.39 Å². The largest absolute Gasteiger partial charge is 0.372 e. The molecule has 126 valence electrons. The first kappa shape index (κ1) is 16.8. The molecule has 4 heteroatoms. The molecule has 0 spiro atoms. The maximum Gasteiger partial charge on any atom is 0.123 e. The molecule has 0 amide bonds. The second-order valence-electron chi connectivity index (χ2n) is 6.15. The Bertz CT molecular complexity index is 642. The second kappa shape index (κ2) is 8.71. The number of halogens is 1. The van der Waals surface area contributed by atoms with Crippen molar-refractivity contribution in [3.63, 3.8) is 0 Å². The highest BCUT2D eigenvalue weighted by Crippen LogP contribution is 2.15. The summed E-state index contributed by atoms with van der Waals surface area (Å²) >= 11 is 0. The van der Waals surface area contributed by atoms with Crippen molar-refractivity contribution >= 4 is 6.08 Å². The number of hydrogen-bond acceptors (Lipinski definition) is 3. The van der Waals surface area contributed by atoms with Crippen LogP contribution >= 0.6 is 0 Å². The molecule has 0 N–H and O–H groups in total. The van der Waals surface area contributed by atoms with Crippen molar-refractivity contribution in [2.75, 3.05) is 19.6 Å². The van der Waals surface area contributed by atoms with Crippen molar-refractivity contribution in [1.82, 2.24) is 9.88 Å². The molecular weight excluding hydrogens is 303 g/mol. The van der Waals surface area contributed by atoms with Gasteiger partial charge >= 0.3 is 0 Å². The van der Waals surface area contributed by atoms with E-state index < -0.39 is 0 Å². The van der Waals surface area contributed by atoms with Crippen LogP contribution in [0.3, 0.4) is 0 Å². The molecule has 0 bridgehead atoms. The summed E-state index contributed by atoms with van der Waals surface area (Å²) in [6, 6.07) is 10.5. The molecule has 2 aromatic rings. The molecule has 24 heavy (non-hydrogen) atoms. The predicted molar refractivity (Wildman–Crippen MR) is 93.9 cm³/mol. The number of benzene rings is 1. The Kier molecular flexibility index (Phi) is 6.10. The van der Waals surface area contributed by atoms with Crippen LogP contribution in [0.25, 0.3) is 6.08 Å². The van der Waals surface area contributed by atoms with Gasteiger partial charge < -0.3 is 4.74 Å². The number of aromatic nitrogens is 1. The van der Waals surface area contributed by atoms with Crippen molar-refractivity contribution < 1.29 is 9.13 Å². The van der Waals surface area contributed by atoms with E-state index in [1.165, 1.54) is 12.1 Å². The SMILES string of the molecule is Fc1ccc(/C=C/CN2CCCC(OCc3cccnc3)C2)cc1. The Balaban J connectivity index is 1.44. The summed E-state index contributed by atoms with van der Waals surface area (Å²) < 4.78 is 18.9. The summed E-state index contributed by atoms with van der Waals surface area (Å²) in [5.41, 5.74) is 2.14. The van der Waals surface area contributed by atoms with Gasteiger partial charge in [0.25, 0.3) is 0 Å². The third-order valence-corrected chi connectivity index (χ3v) is 4.21. The van der Waals surface area contributed by atoms with E-state index in [-0.39, 0.29) is 11.9 Å². The zero-order chi connectivity index (χ0) is 16.6. The molecule has 1 saturated heterocycles. The lowest BCUT2D eigenvalue weighted by molar-refractivity contribution is -0.00716. The monoisotopic (exact) mass is 326 g/mol. The van der Waals surface area contributed by atoms with Crippen molar-refractivity contribution in [3.05, 3.63) is 71.8 Å². The van der Waals surface area contributed by atoms with Crippen LogP contribution < -0.4 is 0 Å². The average Bonchev–Trinajstić information content (AvgIpc) is 2.63. The molecule has 0 radical (unpaired) electrons. The highest BCUT2D eigenvalue weighted by Gasteiger charge is 2.19. The number of ether oxygens (including phenoxy) is 1. The topological polar surface area (TPSA) is 25.4 Å². The zero-order valence-electron chi connectivity index (χ0n) is 13.8. The van der Waals surface area contributed by atoms with Gasteiger partial charge in [-0.1, -0.05) is 30.4 Å². The van der Waals surface area contributed by atoms with Crippen LogP contribution in [0.1, 0.15) is 24.0 Å². The molecule has 1 atom stereocenters. The maximum absolute atomic E-state index is 12.9. The van der Waals surface area contributed by atoms with Crippen molar-refractivity contribution in [3.8, 4) is 0 Å². The fourth-order valence-electron chi connectivity index (χ4n) is 2.92. The van der Waals surface area contributed by atoms with E-state index in [1.54, 1.807) is 18.3 Å². The van der Waals surface area contributed by atoms with Gasteiger partial charge in [0.05, 0.1) is 12.7 Å². The number of rotatable bonds is 6. The fourth-order valence-corrected chi connectivity index (χ4v) is 2.92. The third kappa shape index (κ3) is 5.25. The number of likely N-dealkylation sites (tertiary alicyclic amines) is 1. The third-order valence-electron chi connectivity index (χ3n) is 4.21. The van der Waals surface area contributed by atoms with Crippen LogP contribution in [-0.4, -0.2) is 35.6 Å². The fraction of sp³-hybridized carbons (Fsp3) is 0.350. The van der Waals surface area contributed by atoms with Crippen molar-refractivity contribution in [2.24, 2.45) is 0 Å². The van der Waals surface area contributed by atoms with Crippen LogP contribution in [0.15, 0.2) is 54.9 Å². The summed E-state index contributed by atoms with van der Waals surface area (Å²) in [5, 5.41) is 0. The number of pyridine rings is 1. The van der Waals surface area contributed by atoms with Gasteiger partial charge in [-0.05, 0) is 48.7 Å². The smallest absolute Gasteiger partial charge is 0.123 e. The van der Waals surface area contributed by atoms with E-state index in [4.69, 9.17) is 4.74 Å². The summed E-state index contributed by atoms with van der Waals surface area (Å²) in [7, 11) is 0. The van der Waals surface area contributed by atoms with Gasteiger partial charge in [-0.3, -0.25) is 9.88 Å². The summed E-state index contributed by atoms with van der Waals surface area (Å²) in [4.78, 5) is 6.52. The molecule has 1 aliphatic heterocycles. The number of hydrogen-bond donors (Lipinski definition) is 0.